The number of hydrogen-bond acceptors (Lipinski definition) is 3. The van der Waals surface area contributed by atoms with E-state index in [9.17, 15) is 4.79 Å². The fraction of sp³-hybridized carbons (Fsp3) is 0.875. The molecule has 0 aromatic heterocycles. The van der Waals surface area contributed by atoms with Crippen molar-refractivity contribution < 1.29 is 4.79 Å². The third-order valence-electron chi connectivity index (χ3n) is 1.68. The Balaban J connectivity index is 3.03. The zero-order valence-electron chi connectivity index (χ0n) is 6.96. The highest BCUT2D eigenvalue weighted by Gasteiger charge is 1.99. The van der Waals surface area contributed by atoms with E-state index in [4.69, 9.17) is 11.5 Å². The summed E-state index contributed by atoms with van der Waals surface area (Å²) < 4.78 is 0. The monoisotopic (exact) mass is 158 g/mol. The van der Waals surface area contributed by atoms with E-state index in [1.165, 1.54) is 0 Å². The summed E-state index contributed by atoms with van der Waals surface area (Å²) in [5.41, 5.74) is 10.9. The van der Waals surface area contributed by atoms with Crippen molar-refractivity contribution in [2.24, 2.45) is 11.5 Å². The lowest BCUT2D eigenvalue weighted by Gasteiger charge is -2.05. The van der Waals surface area contributed by atoms with E-state index >= 15 is 0 Å². The molecule has 0 radical (unpaired) electrons. The van der Waals surface area contributed by atoms with Gasteiger partial charge in [-0.1, -0.05) is 12.8 Å². The quantitative estimate of drug-likeness (QED) is 0.417. The number of rotatable bonds is 7. The molecule has 0 amide bonds. The van der Waals surface area contributed by atoms with Crippen molar-refractivity contribution in [3.05, 3.63) is 0 Å². The van der Waals surface area contributed by atoms with Crippen molar-refractivity contribution >= 4 is 6.29 Å². The Morgan fingerprint density at radius 2 is 2.00 bits per heavy atom. The van der Waals surface area contributed by atoms with Crippen LogP contribution in [0.1, 0.15) is 32.1 Å². The number of nitrogens with two attached hydrogens (primary N) is 2. The first-order valence-corrected chi connectivity index (χ1v) is 4.20. The third-order valence-corrected chi connectivity index (χ3v) is 1.68. The van der Waals surface area contributed by atoms with Gasteiger partial charge >= 0.3 is 0 Å². The summed E-state index contributed by atoms with van der Waals surface area (Å²) in [6.45, 7) is 0.753. The molecular formula is C8H18N2O. The van der Waals surface area contributed by atoms with E-state index in [0.29, 0.717) is 6.42 Å². The van der Waals surface area contributed by atoms with Gasteiger partial charge in [0.05, 0.1) is 0 Å². The summed E-state index contributed by atoms with van der Waals surface area (Å²) in [5, 5.41) is 0. The van der Waals surface area contributed by atoms with Crippen LogP contribution in [0.4, 0.5) is 0 Å². The molecule has 0 spiro atoms. The van der Waals surface area contributed by atoms with E-state index < -0.39 is 0 Å². The van der Waals surface area contributed by atoms with Crippen molar-refractivity contribution in [2.45, 2.75) is 38.1 Å². The van der Waals surface area contributed by atoms with Crippen LogP contribution in [0, 0.1) is 0 Å². The van der Waals surface area contributed by atoms with Crippen LogP contribution in [0.5, 0.6) is 0 Å². The van der Waals surface area contributed by atoms with E-state index in [-0.39, 0.29) is 6.04 Å². The Bertz CT molecular complexity index is 96.1. The molecule has 3 heteroatoms. The molecule has 1 unspecified atom stereocenters. The Morgan fingerprint density at radius 1 is 1.27 bits per heavy atom. The first-order chi connectivity index (χ1) is 5.31. The van der Waals surface area contributed by atoms with Gasteiger partial charge in [0.15, 0.2) is 0 Å². The predicted octanol–water partition coefficient (Wildman–Crippen LogP) is 0.422. The maximum atomic E-state index is 10.0. The lowest BCUT2D eigenvalue weighted by Crippen LogP contribution is -2.19. The van der Waals surface area contributed by atoms with Crippen LogP contribution in [-0.4, -0.2) is 18.9 Å². The average molecular weight is 158 g/mol. The molecule has 0 aliphatic rings. The molecule has 0 aliphatic carbocycles. The fourth-order valence-electron chi connectivity index (χ4n) is 0.969. The number of carbonyl (C=O) groups excluding carboxylic acids is 1. The second-order valence-corrected chi connectivity index (χ2v) is 2.80. The van der Waals surface area contributed by atoms with Gasteiger partial charge in [0.25, 0.3) is 0 Å². The normalized spacial score (nSPS) is 12.9. The molecule has 0 saturated carbocycles. The van der Waals surface area contributed by atoms with E-state index in [1.54, 1.807) is 0 Å². The van der Waals surface area contributed by atoms with E-state index in [1.807, 2.05) is 0 Å². The van der Waals surface area contributed by atoms with Gasteiger partial charge < -0.3 is 16.3 Å². The molecular weight excluding hydrogens is 140 g/mol. The molecule has 0 aromatic carbocycles. The number of hydrogen-bond donors (Lipinski definition) is 2. The number of carbonyl (C=O) groups is 1. The first kappa shape index (κ1) is 10.6. The standard InChI is InChI=1S/C8H18N2O/c9-6-3-1-2-4-8(10)5-7-11/h7-8H,1-6,9-10H2. The molecule has 0 bridgehead atoms. The van der Waals surface area contributed by atoms with Crippen LogP contribution in [-0.2, 0) is 4.79 Å². The summed E-state index contributed by atoms with van der Waals surface area (Å²) in [7, 11) is 0. The predicted molar refractivity (Wildman–Crippen MR) is 46.2 cm³/mol. The topological polar surface area (TPSA) is 69.1 Å². The molecule has 3 nitrogen and oxygen atoms in total. The molecule has 1 atom stereocenters. The number of aldehydes is 1. The second kappa shape index (κ2) is 7.69. The van der Waals surface area contributed by atoms with Crippen molar-refractivity contribution in [1.29, 1.82) is 0 Å². The highest BCUT2D eigenvalue weighted by atomic mass is 16.1. The minimum atomic E-state index is 0.0604. The minimum Gasteiger partial charge on any atom is -0.330 e. The molecule has 0 fully saturated rings. The molecule has 0 heterocycles. The summed E-state index contributed by atoms with van der Waals surface area (Å²) >= 11 is 0. The van der Waals surface area contributed by atoms with Crippen molar-refractivity contribution in [3.8, 4) is 0 Å². The molecule has 0 aliphatic heterocycles. The SMILES string of the molecule is NCCCCCC(N)CC=O. The summed E-state index contributed by atoms with van der Waals surface area (Å²) in [6, 6.07) is 0.0604. The summed E-state index contributed by atoms with van der Waals surface area (Å²) in [5.74, 6) is 0. The minimum absolute atomic E-state index is 0.0604. The summed E-state index contributed by atoms with van der Waals surface area (Å²) in [4.78, 5) is 10.0. The molecule has 0 saturated heterocycles. The Labute approximate surface area is 68.1 Å². The van der Waals surface area contributed by atoms with Crippen LogP contribution < -0.4 is 11.5 Å². The fourth-order valence-corrected chi connectivity index (χ4v) is 0.969. The van der Waals surface area contributed by atoms with Crippen LogP contribution in [0.25, 0.3) is 0 Å². The van der Waals surface area contributed by atoms with Crippen LogP contribution in [0.2, 0.25) is 0 Å². The number of unbranched alkanes of at least 4 members (excludes halogenated alkanes) is 2. The van der Waals surface area contributed by atoms with Gasteiger partial charge in [-0.05, 0) is 19.4 Å². The zero-order valence-corrected chi connectivity index (χ0v) is 6.96. The van der Waals surface area contributed by atoms with Crippen LogP contribution >= 0.6 is 0 Å². The van der Waals surface area contributed by atoms with Crippen molar-refractivity contribution in [3.63, 3.8) is 0 Å². The molecule has 4 N–H and O–H groups in total. The highest BCUT2D eigenvalue weighted by Crippen LogP contribution is 2.02. The van der Waals surface area contributed by atoms with Gasteiger partial charge in [-0.2, -0.15) is 0 Å². The maximum absolute atomic E-state index is 10.0. The zero-order chi connectivity index (χ0) is 8.53. The lowest BCUT2D eigenvalue weighted by molar-refractivity contribution is -0.108. The van der Waals surface area contributed by atoms with Crippen molar-refractivity contribution in [2.75, 3.05) is 6.54 Å². The van der Waals surface area contributed by atoms with Crippen molar-refractivity contribution in [1.82, 2.24) is 0 Å². The Kier molecular flexibility index (Phi) is 7.41. The van der Waals surface area contributed by atoms with Crippen LogP contribution in [0.3, 0.4) is 0 Å². The summed E-state index contributed by atoms with van der Waals surface area (Å²) in [6.07, 6.45) is 5.60. The first-order valence-electron chi connectivity index (χ1n) is 4.20. The molecule has 0 aromatic rings. The molecule has 11 heavy (non-hydrogen) atoms. The third kappa shape index (κ3) is 7.49. The van der Waals surface area contributed by atoms with E-state index in [0.717, 1.165) is 38.5 Å². The van der Waals surface area contributed by atoms with Gasteiger partial charge in [0, 0.05) is 12.5 Å². The molecule has 0 rings (SSSR count). The van der Waals surface area contributed by atoms with Gasteiger partial charge in [-0.3, -0.25) is 0 Å². The van der Waals surface area contributed by atoms with Gasteiger partial charge in [-0.25, -0.2) is 0 Å². The second-order valence-electron chi connectivity index (χ2n) is 2.80. The smallest absolute Gasteiger partial charge is 0.121 e. The molecule has 66 valence electrons. The Hall–Kier alpha value is -0.410. The van der Waals surface area contributed by atoms with Gasteiger partial charge in [-0.15, -0.1) is 0 Å². The van der Waals surface area contributed by atoms with E-state index in [2.05, 4.69) is 0 Å². The van der Waals surface area contributed by atoms with Gasteiger partial charge in [0.2, 0.25) is 0 Å². The lowest BCUT2D eigenvalue weighted by atomic mass is 10.1. The Morgan fingerprint density at radius 3 is 2.55 bits per heavy atom. The largest absolute Gasteiger partial charge is 0.330 e. The van der Waals surface area contributed by atoms with Crippen LogP contribution in [0.15, 0.2) is 0 Å². The maximum Gasteiger partial charge on any atom is 0.121 e. The highest BCUT2D eigenvalue weighted by molar-refractivity contribution is 5.50. The van der Waals surface area contributed by atoms with Gasteiger partial charge in [0.1, 0.15) is 6.29 Å². The average Bonchev–Trinajstić information content (AvgIpc) is 1.99.